The predicted molar refractivity (Wildman–Crippen MR) is 47.9 cm³/mol. The van der Waals surface area contributed by atoms with Crippen LogP contribution in [0.25, 0.3) is 0 Å². The van der Waals surface area contributed by atoms with Crippen molar-refractivity contribution in [2.24, 2.45) is 0 Å². The summed E-state index contributed by atoms with van der Waals surface area (Å²) in [5.41, 5.74) is 0. The Hall–Kier alpha value is 0.860. The van der Waals surface area contributed by atoms with Crippen LogP contribution in [0.4, 0.5) is 0 Å². The van der Waals surface area contributed by atoms with Crippen LogP contribution in [0.5, 0.6) is 0 Å². The summed E-state index contributed by atoms with van der Waals surface area (Å²) in [5, 5.41) is -1.25. The van der Waals surface area contributed by atoms with Gasteiger partial charge in [0, 0.05) is 6.26 Å². The van der Waals surface area contributed by atoms with Gasteiger partial charge in [0.25, 0.3) is 10.1 Å². The first-order chi connectivity index (χ1) is 4.63. The van der Waals surface area contributed by atoms with E-state index in [4.69, 9.17) is 4.55 Å². The summed E-state index contributed by atoms with van der Waals surface area (Å²) in [6, 6.07) is 0. The maximum absolute atomic E-state index is 10.5. The van der Waals surface area contributed by atoms with Crippen LogP contribution in [0.2, 0.25) is 0 Å². The minimum atomic E-state index is -4.22. The van der Waals surface area contributed by atoms with E-state index in [0.29, 0.717) is 0 Å². The molecule has 0 saturated carbocycles. The Labute approximate surface area is 94.5 Å². The third-order valence-electron chi connectivity index (χ3n) is 1.05. The van der Waals surface area contributed by atoms with Gasteiger partial charge in [-0.05, 0) is 6.92 Å². The molecule has 0 spiro atoms. The SMILES string of the molecule is CC(CS(C)(=O)=O)S(=O)(=O)O.[NaH]. The molecule has 0 saturated heterocycles. The van der Waals surface area contributed by atoms with Crippen LogP contribution < -0.4 is 0 Å². The molecule has 0 fully saturated rings. The molecule has 0 heterocycles. The van der Waals surface area contributed by atoms with Crippen molar-refractivity contribution in [3.8, 4) is 0 Å². The second-order valence-electron chi connectivity index (χ2n) is 2.42. The molecular formula is C4H11NaO5S2. The van der Waals surface area contributed by atoms with Gasteiger partial charge in [-0.2, -0.15) is 8.42 Å². The van der Waals surface area contributed by atoms with Crippen LogP contribution in [-0.2, 0) is 20.0 Å². The summed E-state index contributed by atoms with van der Waals surface area (Å²) in [6.45, 7) is 1.14. The molecule has 1 atom stereocenters. The molecule has 70 valence electrons. The second kappa shape index (κ2) is 4.92. The molecule has 0 bridgehead atoms. The predicted octanol–water partition coefficient (Wildman–Crippen LogP) is -1.34. The monoisotopic (exact) mass is 226 g/mol. The fourth-order valence-electron chi connectivity index (χ4n) is 0.512. The van der Waals surface area contributed by atoms with Gasteiger partial charge >= 0.3 is 29.6 Å². The van der Waals surface area contributed by atoms with E-state index in [-0.39, 0.29) is 29.6 Å². The van der Waals surface area contributed by atoms with Gasteiger partial charge in [0.1, 0.15) is 9.84 Å². The van der Waals surface area contributed by atoms with Crippen LogP contribution >= 0.6 is 0 Å². The average molecular weight is 226 g/mol. The van der Waals surface area contributed by atoms with Crippen molar-refractivity contribution in [2.75, 3.05) is 12.0 Å². The first kappa shape index (κ1) is 15.3. The zero-order valence-electron chi connectivity index (χ0n) is 6.18. The molecule has 12 heavy (non-hydrogen) atoms. The van der Waals surface area contributed by atoms with Crippen molar-refractivity contribution in [1.82, 2.24) is 0 Å². The molecule has 0 radical (unpaired) electrons. The topological polar surface area (TPSA) is 88.5 Å². The zero-order chi connectivity index (χ0) is 9.28. The summed E-state index contributed by atoms with van der Waals surface area (Å²) in [7, 11) is -7.56. The molecule has 0 amide bonds. The number of hydrogen-bond donors (Lipinski definition) is 1. The van der Waals surface area contributed by atoms with E-state index >= 15 is 0 Å². The Bertz CT molecular complexity index is 315. The van der Waals surface area contributed by atoms with Crippen molar-refractivity contribution < 1.29 is 21.4 Å². The summed E-state index contributed by atoms with van der Waals surface area (Å²) >= 11 is 0. The van der Waals surface area contributed by atoms with Crippen LogP contribution in [0.3, 0.4) is 0 Å². The van der Waals surface area contributed by atoms with Crippen molar-refractivity contribution in [1.29, 1.82) is 0 Å². The molecule has 1 N–H and O–H groups in total. The minimum absolute atomic E-state index is 0. The molecule has 0 aliphatic rings. The number of hydrogen-bond acceptors (Lipinski definition) is 4. The van der Waals surface area contributed by atoms with Crippen molar-refractivity contribution >= 4 is 49.5 Å². The molecule has 0 aliphatic carbocycles. The van der Waals surface area contributed by atoms with E-state index in [1.54, 1.807) is 0 Å². The first-order valence-corrected chi connectivity index (χ1v) is 6.33. The Kier molecular flexibility index (Phi) is 6.29. The molecule has 1 unspecified atom stereocenters. The molecule has 0 rings (SSSR count). The van der Waals surface area contributed by atoms with Gasteiger partial charge in [-0.25, -0.2) is 8.42 Å². The van der Waals surface area contributed by atoms with Crippen LogP contribution in [0.1, 0.15) is 6.92 Å². The Morgan fingerprint density at radius 2 is 1.58 bits per heavy atom. The molecule has 0 aromatic carbocycles. The fraction of sp³-hybridized carbons (Fsp3) is 1.00. The normalized spacial score (nSPS) is 14.9. The molecule has 0 aliphatic heterocycles. The first-order valence-electron chi connectivity index (χ1n) is 2.77. The van der Waals surface area contributed by atoms with E-state index in [1.807, 2.05) is 0 Å². The van der Waals surface area contributed by atoms with Gasteiger partial charge in [-0.1, -0.05) is 0 Å². The molecule has 8 heteroatoms. The average Bonchev–Trinajstić information content (AvgIpc) is 1.56. The summed E-state index contributed by atoms with van der Waals surface area (Å²) < 4.78 is 50.0. The third-order valence-corrected chi connectivity index (χ3v) is 3.55. The number of rotatable bonds is 3. The van der Waals surface area contributed by atoms with E-state index in [1.165, 1.54) is 0 Å². The van der Waals surface area contributed by atoms with E-state index in [2.05, 4.69) is 0 Å². The molecular weight excluding hydrogens is 215 g/mol. The maximum atomic E-state index is 10.5. The van der Waals surface area contributed by atoms with Gasteiger partial charge in [-0.3, -0.25) is 4.55 Å². The van der Waals surface area contributed by atoms with Crippen molar-refractivity contribution in [3.05, 3.63) is 0 Å². The zero-order valence-corrected chi connectivity index (χ0v) is 7.81. The quantitative estimate of drug-likeness (QED) is 0.475. The van der Waals surface area contributed by atoms with E-state index < -0.39 is 31.0 Å². The number of sulfone groups is 1. The van der Waals surface area contributed by atoms with Crippen molar-refractivity contribution in [3.63, 3.8) is 0 Å². The molecule has 5 nitrogen and oxygen atoms in total. The van der Waals surface area contributed by atoms with Gasteiger partial charge in [0.15, 0.2) is 0 Å². The Morgan fingerprint density at radius 1 is 1.25 bits per heavy atom. The summed E-state index contributed by atoms with van der Waals surface area (Å²) in [6.07, 6.45) is 0.911. The van der Waals surface area contributed by atoms with Gasteiger partial charge in [-0.15, -0.1) is 0 Å². The van der Waals surface area contributed by atoms with E-state index in [9.17, 15) is 16.8 Å². The summed E-state index contributed by atoms with van der Waals surface area (Å²) in [4.78, 5) is 0. The van der Waals surface area contributed by atoms with Crippen LogP contribution in [-0.4, -0.2) is 68.2 Å². The molecule has 0 aromatic heterocycles. The summed E-state index contributed by atoms with van der Waals surface area (Å²) in [5.74, 6) is -0.550. The Balaban J connectivity index is 0. The second-order valence-corrected chi connectivity index (χ2v) is 6.44. The standard InChI is InChI=1S/C4H10O5S2.Na.H/c1-4(11(7,8)9)3-10(2,5)6;;/h4H,3H2,1-2H3,(H,7,8,9);;. The van der Waals surface area contributed by atoms with Crippen LogP contribution in [0.15, 0.2) is 0 Å². The fourth-order valence-corrected chi connectivity index (χ4v) is 2.79. The van der Waals surface area contributed by atoms with E-state index in [0.717, 1.165) is 13.2 Å². The molecule has 0 aromatic rings. The van der Waals surface area contributed by atoms with Crippen molar-refractivity contribution in [2.45, 2.75) is 12.2 Å². The third kappa shape index (κ3) is 7.51. The van der Waals surface area contributed by atoms with Gasteiger partial charge in [0.2, 0.25) is 0 Å². The van der Waals surface area contributed by atoms with Crippen LogP contribution in [0, 0.1) is 0 Å². The van der Waals surface area contributed by atoms with Gasteiger partial charge < -0.3 is 0 Å². The Morgan fingerprint density at radius 3 is 1.67 bits per heavy atom. The van der Waals surface area contributed by atoms with Gasteiger partial charge in [0.05, 0.1) is 11.0 Å².